The van der Waals surface area contributed by atoms with E-state index in [2.05, 4.69) is 20.7 Å². The number of non-ortho nitro benzene ring substituents is 1. The minimum Gasteiger partial charge on any atom is -0.495 e. The number of nitrogens with zero attached hydrogens (tertiary/aromatic N) is 4. The van der Waals surface area contributed by atoms with E-state index in [0.717, 1.165) is 0 Å². The molecule has 1 unspecified atom stereocenters. The van der Waals surface area contributed by atoms with Crippen LogP contribution in [0.5, 0.6) is 5.75 Å². The molecule has 1 aliphatic heterocycles. The lowest BCUT2D eigenvalue weighted by atomic mass is 9.94. The van der Waals surface area contributed by atoms with Crippen LogP contribution in [0.3, 0.4) is 0 Å². The van der Waals surface area contributed by atoms with Gasteiger partial charge in [-0.1, -0.05) is 42.5 Å². The molecule has 0 bridgehead atoms. The Kier molecular flexibility index (Phi) is 6.10. The van der Waals surface area contributed by atoms with Crippen molar-refractivity contribution in [3.05, 3.63) is 106 Å². The lowest BCUT2D eigenvalue weighted by Crippen LogP contribution is -2.32. The number of ether oxygens (including phenoxy) is 1. The molecule has 0 spiro atoms. The molecule has 0 saturated carbocycles. The fraction of sp³-hybridized carbons (Fsp3) is 0.115. The third-order valence-corrected chi connectivity index (χ3v) is 5.97. The van der Waals surface area contributed by atoms with Gasteiger partial charge in [0.25, 0.3) is 11.6 Å². The van der Waals surface area contributed by atoms with Crippen molar-refractivity contribution in [1.29, 1.82) is 0 Å². The molecule has 0 radical (unpaired) electrons. The normalized spacial score (nSPS) is 14.5. The summed E-state index contributed by atoms with van der Waals surface area (Å²) in [5, 5.41) is 21.7. The number of para-hydroxylation sites is 2. The predicted molar refractivity (Wildman–Crippen MR) is 135 cm³/mol. The molecule has 37 heavy (non-hydrogen) atoms. The second-order valence-corrected chi connectivity index (χ2v) is 8.25. The Morgan fingerprint density at radius 1 is 1.14 bits per heavy atom. The summed E-state index contributed by atoms with van der Waals surface area (Å²) in [6.07, 6.45) is 0. The topological polar surface area (TPSA) is 124 Å². The number of methoxy groups -OCH3 is 1. The first-order valence-electron chi connectivity index (χ1n) is 11.3. The molecule has 3 aromatic carbocycles. The van der Waals surface area contributed by atoms with Crippen LogP contribution >= 0.6 is 0 Å². The molecule has 186 valence electrons. The summed E-state index contributed by atoms with van der Waals surface area (Å²) in [4.78, 5) is 28.9. The highest BCUT2D eigenvalue weighted by Gasteiger charge is 2.36. The molecule has 5 rings (SSSR count). The van der Waals surface area contributed by atoms with Crippen LogP contribution in [0.15, 0.2) is 84.1 Å². The summed E-state index contributed by atoms with van der Waals surface area (Å²) in [5.74, 6) is -0.0912. The Balaban J connectivity index is 1.62. The van der Waals surface area contributed by atoms with E-state index in [1.54, 1.807) is 55.5 Å². The van der Waals surface area contributed by atoms with Gasteiger partial charge in [0.2, 0.25) is 5.95 Å². The molecule has 1 atom stereocenters. The molecular formula is C26H21FN6O4. The number of rotatable bonds is 6. The Hall–Kier alpha value is -5.06. The maximum absolute atomic E-state index is 15.1. The van der Waals surface area contributed by atoms with Gasteiger partial charge >= 0.3 is 0 Å². The molecular weight excluding hydrogens is 479 g/mol. The number of anilines is 2. The summed E-state index contributed by atoms with van der Waals surface area (Å²) in [6, 6.07) is 18.0. The third kappa shape index (κ3) is 4.38. The van der Waals surface area contributed by atoms with Gasteiger partial charge in [-0.05, 0) is 25.1 Å². The number of nitro groups is 1. The average Bonchev–Trinajstić information content (AvgIpc) is 3.32. The minimum atomic E-state index is -0.966. The number of nitro benzene ring substituents is 1. The van der Waals surface area contributed by atoms with Crippen LogP contribution in [0, 0.1) is 15.9 Å². The predicted octanol–water partition coefficient (Wildman–Crippen LogP) is 4.93. The zero-order valence-electron chi connectivity index (χ0n) is 19.8. The number of hydrogen-bond acceptors (Lipinski definition) is 7. The molecule has 2 N–H and O–H groups in total. The number of fused-ring (bicyclic) bond motifs is 1. The van der Waals surface area contributed by atoms with Gasteiger partial charge in [0.05, 0.1) is 23.3 Å². The highest BCUT2D eigenvalue weighted by molar-refractivity contribution is 6.06. The van der Waals surface area contributed by atoms with E-state index in [9.17, 15) is 14.9 Å². The highest BCUT2D eigenvalue weighted by Crippen LogP contribution is 2.38. The first-order valence-corrected chi connectivity index (χ1v) is 11.3. The van der Waals surface area contributed by atoms with Crippen molar-refractivity contribution in [2.75, 3.05) is 17.7 Å². The van der Waals surface area contributed by atoms with Crippen molar-refractivity contribution < 1.29 is 18.8 Å². The lowest BCUT2D eigenvalue weighted by Gasteiger charge is -2.29. The van der Waals surface area contributed by atoms with Crippen LogP contribution in [0.25, 0.3) is 11.4 Å². The minimum absolute atomic E-state index is 0.116. The van der Waals surface area contributed by atoms with Crippen LogP contribution < -0.4 is 15.4 Å². The number of amides is 1. The quantitative estimate of drug-likeness (QED) is 0.284. The average molecular weight is 500 g/mol. The molecule has 11 heteroatoms. The number of benzene rings is 3. The highest BCUT2D eigenvalue weighted by atomic mass is 19.1. The van der Waals surface area contributed by atoms with Crippen LogP contribution in [-0.4, -0.2) is 32.7 Å². The summed E-state index contributed by atoms with van der Waals surface area (Å²) >= 11 is 0. The second kappa shape index (κ2) is 9.53. The van der Waals surface area contributed by atoms with Gasteiger partial charge in [-0.25, -0.2) is 9.07 Å². The van der Waals surface area contributed by atoms with Gasteiger partial charge in [-0.15, -0.1) is 5.10 Å². The van der Waals surface area contributed by atoms with Gasteiger partial charge in [0, 0.05) is 29.0 Å². The van der Waals surface area contributed by atoms with E-state index in [4.69, 9.17) is 4.74 Å². The second-order valence-electron chi connectivity index (χ2n) is 8.25. The zero-order chi connectivity index (χ0) is 26.1. The number of hydrogen-bond donors (Lipinski definition) is 2. The third-order valence-electron chi connectivity index (χ3n) is 5.97. The molecule has 1 aliphatic rings. The SMILES string of the molecule is COc1ccccc1NC(=O)C1=C(C)Nc2nc(-c3cccc([N+](=O)[O-])c3)nn2C1c1ccccc1F. The van der Waals surface area contributed by atoms with Crippen LogP contribution in [0.4, 0.5) is 21.7 Å². The van der Waals surface area contributed by atoms with Crippen molar-refractivity contribution in [2.45, 2.75) is 13.0 Å². The molecule has 0 fully saturated rings. The summed E-state index contributed by atoms with van der Waals surface area (Å²) in [6.45, 7) is 1.69. The number of halogens is 1. The monoisotopic (exact) mass is 500 g/mol. The van der Waals surface area contributed by atoms with Crippen LogP contribution in [0.1, 0.15) is 18.5 Å². The zero-order valence-corrected chi connectivity index (χ0v) is 19.8. The van der Waals surface area contributed by atoms with Crippen molar-refractivity contribution in [2.24, 2.45) is 0 Å². The van der Waals surface area contributed by atoms with Crippen LogP contribution in [-0.2, 0) is 4.79 Å². The van der Waals surface area contributed by atoms with E-state index in [-0.39, 0.29) is 28.6 Å². The maximum atomic E-state index is 15.1. The fourth-order valence-electron chi connectivity index (χ4n) is 4.25. The molecule has 4 aromatic rings. The molecule has 1 aromatic heterocycles. The fourth-order valence-corrected chi connectivity index (χ4v) is 4.25. The van der Waals surface area contributed by atoms with Gasteiger partial charge in [0.1, 0.15) is 17.6 Å². The Morgan fingerprint density at radius 3 is 2.65 bits per heavy atom. The van der Waals surface area contributed by atoms with Crippen molar-refractivity contribution >= 4 is 23.2 Å². The Labute approximate surface area is 210 Å². The first-order chi connectivity index (χ1) is 17.9. The first kappa shape index (κ1) is 23.7. The lowest BCUT2D eigenvalue weighted by molar-refractivity contribution is -0.384. The largest absolute Gasteiger partial charge is 0.495 e. The summed E-state index contributed by atoms with van der Waals surface area (Å²) < 4.78 is 21.9. The van der Waals surface area contributed by atoms with Gasteiger partial charge in [0.15, 0.2) is 5.82 Å². The smallest absolute Gasteiger partial charge is 0.270 e. The molecule has 0 aliphatic carbocycles. The molecule has 1 amide bonds. The molecule has 2 heterocycles. The van der Waals surface area contributed by atoms with Gasteiger partial charge in [-0.2, -0.15) is 4.98 Å². The van der Waals surface area contributed by atoms with E-state index < -0.39 is 22.7 Å². The Morgan fingerprint density at radius 2 is 1.89 bits per heavy atom. The number of carbonyl (C=O) groups excluding carboxylic acids is 1. The number of allylic oxidation sites excluding steroid dienone is 1. The van der Waals surface area contributed by atoms with E-state index in [0.29, 0.717) is 22.7 Å². The number of carbonyl (C=O) groups is 1. The van der Waals surface area contributed by atoms with Gasteiger partial charge < -0.3 is 15.4 Å². The molecule has 10 nitrogen and oxygen atoms in total. The summed E-state index contributed by atoms with van der Waals surface area (Å²) in [7, 11) is 1.50. The maximum Gasteiger partial charge on any atom is 0.270 e. The Bertz CT molecular complexity index is 1560. The van der Waals surface area contributed by atoms with Crippen molar-refractivity contribution in [3.63, 3.8) is 0 Å². The number of nitrogens with one attached hydrogen (secondary N) is 2. The van der Waals surface area contributed by atoms with Crippen LogP contribution in [0.2, 0.25) is 0 Å². The van der Waals surface area contributed by atoms with E-state index >= 15 is 4.39 Å². The summed E-state index contributed by atoms with van der Waals surface area (Å²) in [5.41, 5.74) is 1.62. The number of aromatic nitrogens is 3. The standard InChI is InChI=1S/C26H21FN6O4/c1-15-22(25(34)29-20-12-5-6-13-21(20)37-2)23(18-10-3-4-11-19(18)27)32-26(28-15)30-24(31-32)16-8-7-9-17(14-16)33(35)36/h3-14,23H,1-2H3,(H,29,34)(H,28,30,31). The van der Waals surface area contributed by atoms with Crippen molar-refractivity contribution in [3.8, 4) is 17.1 Å². The molecule has 0 saturated heterocycles. The van der Waals surface area contributed by atoms with E-state index in [1.807, 2.05) is 0 Å². The van der Waals surface area contributed by atoms with E-state index in [1.165, 1.54) is 36.1 Å². The van der Waals surface area contributed by atoms with Gasteiger partial charge in [-0.3, -0.25) is 14.9 Å². The van der Waals surface area contributed by atoms with Crippen molar-refractivity contribution in [1.82, 2.24) is 14.8 Å².